The molecule has 78 valence electrons. The predicted octanol–water partition coefficient (Wildman–Crippen LogP) is 0.836. The number of ether oxygens (including phenoxy) is 1. The molecule has 0 bridgehead atoms. The van der Waals surface area contributed by atoms with E-state index < -0.39 is 0 Å². The Labute approximate surface area is 81.2 Å². The van der Waals surface area contributed by atoms with Gasteiger partial charge in [-0.05, 0) is 32.7 Å². The number of hydrogen-bond acceptors (Lipinski definition) is 3. The molecule has 0 aliphatic carbocycles. The minimum atomic E-state index is 0.672. The summed E-state index contributed by atoms with van der Waals surface area (Å²) in [7, 11) is 0. The van der Waals surface area contributed by atoms with Crippen LogP contribution in [0.2, 0.25) is 0 Å². The summed E-state index contributed by atoms with van der Waals surface area (Å²) in [6, 6.07) is 0.672. The first-order valence-electron chi connectivity index (χ1n) is 5.36. The van der Waals surface area contributed by atoms with Crippen molar-refractivity contribution in [3.63, 3.8) is 0 Å². The third kappa shape index (κ3) is 4.07. The molecule has 1 aliphatic heterocycles. The van der Waals surface area contributed by atoms with Crippen molar-refractivity contribution in [2.45, 2.75) is 32.2 Å². The predicted molar refractivity (Wildman–Crippen MR) is 54.8 cm³/mol. The van der Waals surface area contributed by atoms with Crippen molar-refractivity contribution in [1.29, 1.82) is 0 Å². The number of rotatable bonds is 4. The van der Waals surface area contributed by atoms with Gasteiger partial charge < -0.3 is 10.5 Å². The third-order valence-corrected chi connectivity index (χ3v) is 2.71. The van der Waals surface area contributed by atoms with E-state index in [4.69, 9.17) is 10.5 Å². The fourth-order valence-corrected chi connectivity index (χ4v) is 1.80. The first-order chi connectivity index (χ1) is 6.34. The molecular weight excluding hydrogens is 164 g/mol. The zero-order chi connectivity index (χ0) is 9.52. The van der Waals surface area contributed by atoms with E-state index in [0.717, 1.165) is 32.7 Å². The van der Waals surface area contributed by atoms with Crippen molar-refractivity contribution in [1.82, 2.24) is 4.90 Å². The summed E-state index contributed by atoms with van der Waals surface area (Å²) in [5.74, 6) is 0. The normalized spacial score (nSPS) is 22.6. The molecule has 0 aromatic rings. The lowest BCUT2D eigenvalue weighted by atomic mass is 10.1. The Bertz CT molecular complexity index is 122. The molecule has 1 saturated heterocycles. The molecule has 1 aliphatic rings. The topological polar surface area (TPSA) is 38.5 Å². The first kappa shape index (κ1) is 11.0. The standard InChI is InChI=1S/C10H22N2O/c1-10(4-2-5-11)12-6-3-8-13-9-7-12/h10H,2-9,11H2,1H3. The highest BCUT2D eigenvalue weighted by Gasteiger charge is 2.14. The molecule has 0 spiro atoms. The second-order valence-electron chi connectivity index (χ2n) is 3.78. The van der Waals surface area contributed by atoms with Crippen LogP contribution < -0.4 is 5.73 Å². The number of hydrogen-bond donors (Lipinski definition) is 1. The summed E-state index contributed by atoms with van der Waals surface area (Å²) in [6.07, 6.45) is 3.53. The SMILES string of the molecule is CC(CCCN)N1CCCOCC1. The van der Waals surface area contributed by atoms with Crippen LogP contribution in [-0.2, 0) is 4.74 Å². The van der Waals surface area contributed by atoms with Crippen molar-refractivity contribution in [2.75, 3.05) is 32.8 Å². The largest absolute Gasteiger partial charge is 0.380 e. The third-order valence-electron chi connectivity index (χ3n) is 2.71. The maximum absolute atomic E-state index is 5.49. The lowest BCUT2D eigenvalue weighted by molar-refractivity contribution is 0.132. The van der Waals surface area contributed by atoms with E-state index in [0.29, 0.717) is 6.04 Å². The molecule has 2 N–H and O–H groups in total. The minimum absolute atomic E-state index is 0.672. The maximum Gasteiger partial charge on any atom is 0.0593 e. The zero-order valence-electron chi connectivity index (χ0n) is 8.67. The van der Waals surface area contributed by atoms with Gasteiger partial charge in [-0.3, -0.25) is 4.90 Å². The summed E-state index contributed by atoms with van der Waals surface area (Å²) in [5.41, 5.74) is 5.49. The van der Waals surface area contributed by atoms with Gasteiger partial charge in [0.25, 0.3) is 0 Å². The minimum Gasteiger partial charge on any atom is -0.380 e. The average Bonchev–Trinajstić information content (AvgIpc) is 2.42. The van der Waals surface area contributed by atoms with Crippen LogP contribution in [0.1, 0.15) is 26.2 Å². The molecule has 1 atom stereocenters. The lowest BCUT2D eigenvalue weighted by Crippen LogP contribution is -2.35. The zero-order valence-corrected chi connectivity index (χ0v) is 8.67. The number of nitrogens with two attached hydrogens (primary N) is 1. The van der Waals surface area contributed by atoms with Crippen LogP contribution in [0.15, 0.2) is 0 Å². The van der Waals surface area contributed by atoms with Gasteiger partial charge >= 0.3 is 0 Å². The van der Waals surface area contributed by atoms with Gasteiger partial charge in [0, 0.05) is 25.7 Å². The quantitative estimate of drug-likeness (QED) is 0.707. The van der Waals surface area contributed by atoms with E-state index in [2.05, 4.69) is 11.8 Å². The fraction of sp³-hybridized carbons (Fsp3) is 1.00. The highest BCUT2D eigenvalue weighted by molar-refractivity contribution is 4.69. The van der Waals surface area contributed by atoms with Gasteiger partial charge in [0.05, 0.1) is 6.61 Å². The molecule has 1 unspecified atom stereocenters. The monoisotopic (exact) mass is 186 g/mol. The van der Waals surface area contributed by atoms with Crippen molar-refractivity contribution in [3.8, 4) is 0 Å². The van der Waals surface area contributed by atoms with Gasteiger partial charge in [-0.1, -0.05) is 0 Å². The fourth-order valence-electron chi connectivity index (χ4n) is 1.80. The summed E-state index contributed by atoms with van der Waals surface area (Å²) in [6.45, 7) is 7.21. The van der Waals surface area contributed by atoms with Gasteiger partial charge in [-0.2, -0.15) is 0 Å². The molecule has 0 aromatic heterocycles. The van der Waals surface area contributed by atoms with E-state index in [9.17, 15) is 0 Å². The molecule has 3 nitrogen and oxygen atoms in total. The Kier molecular flexibility index (Phi) is 5.35. The maximum atomic E-state index is 5.49. The van der Waals surface area contributed by atoms with Crippen molar-refractivity contribution >= 4 is 0 Å². The molecule has 3 heteroatoms. The van der Waals surface area contributed by atoms with Gasteiger partial charge in [0.1, 0.15) is 0 Å². The summed E-state index contributed by atoms with van der Waals surface area (Å²) in [5, 5.41) is 0. The molecule has 0 radical (unpaired) electrons. The van der Waals surface area contributed by atoms with E-state index in [1.165, 1.54) is 19.4 Å². The first-order valence-corrected chi connectivity index (χ1v) is 5.36. The molecule has 0 aromatic carbocycles. The van der Waals surface area contributed by atoms with Crippen LogP contribution in [0.25, 0.3) is 0 Å². The molecule has 1 heterocycles. The Morgan fingerprint density at radius 2 is 2.23 bits per heavy atom. The highest BCUT2D eigenvalue weighted by atomic mass is 16.5. The molecule has 1 fully saturated rings. The molecule has 0 saturated carbocycles. The molecule has 0 amide bonds. The summed E-state index contributed by atoms with van der Waals surface area (Å²) >= 11 is 0. The Balaban J connectivity index is 2.22. The van der Waals surface area contributed by atoms with E-state index in [1.807, 2.05) is 0 Å². The van der Waals surface area contributed by atoms with Crippen LogP contribution in [0.5, 0.6) is 0 Å². The Hall–Kier alpha value is -0.120. The molecular formula is C10H22N2O. The Morgan fingerprint density at radius 3 is 3.00 bits per heavy atom. The van der Waals surface area contributed by atoms with Crippen LogP contribution in [0.3, 0.4) is 0 Å². The van der Waals surface area contributed by atoms with Crippen LogP contribution in [-0.4, -0.2) is 43.8 Å². The molecule has 13 heavy (non-hydrogen) atoms. The van der Waals surface area contributed by atoms with Crippen molar-refractivity contribution in [3.05, 3.63) is 0 Å². The second-order valence-corrected chi connectivity index (χ2v) is 3.78. The summed E-state index contributed by atoms with van der Waals surface area (Å²) < 4.78 is 5.41. The van der Waals surface area contributed by atoms with Crippen LogP contribution >= 0.6 is 0 Å². The smallest absolute Gasteiger partial charge is 0.0593 e. The van der Waals surface area contributed by atoms with Crippen molar-refractivity contribution < 1.29 is 4.74 Å². The van der Waals surface area contributed by atoms with Gasteiger partial charge in [-0.15, -0.1) is 0 Å². The van der Waals surface area contributed by atoms with Crippen LogP contribution in [0, 0.1) is 0 Å². The van der Waals surface area contributed by atoms with Gasteiger partial charge in [-0.25, -0.2) is 0 Å². The summed E-state index contributed by atoms with van der Waals surface area (Å²) in [4.78, 5) is 2.52. The Morgan fingerprint density at radius 1 is 1.38 bits per heavy atom. The van der Waals surface area contributed by atoms with Crippen LogP contribution in [0.4, 0.5) is 0 Å². The molecule has 1 rings (SSSR count). The van der Waals surface area contributed by atoms with Gasteiger partial charge in [0.15, 0.2) is 0 Å². The average molecular weight is 186 g/mol. The van der Waals surface area contributed by atoms with Crippen molar-refractivity contribution in [2.24, 2.45) is 5.73 Å². The van der Waals surface area contributed by atoms with E-state index in [-0.39, 0.29) is 0 Å². The number of nitrogens with zero attached hydrogens (tertiary/aromatic N) is 1. The van der Waals surface area contributed by atoms with E-state index >= 15 is 0 Å². The lowest BCUT2D eigenvalue weighted by Gasteiger charge is -2.26. The highest BCUT2D eigenvalue weighted by Crippen LogP contribution is 2.08. The van der Waals surface area contributed by atoms with E-state index in [1.54, 1.807) is 0 Å². The van der Waals surface area contributed by atoms with Gasteiger partial charge in [0.2, 0.25) is 0 Å². The second kappa shape index (κ2) is 6.35.